The summed E-state index contributed by atoms with van der Waals surface area (Å²) < 4.78 is 0. The zero-order chi connectivity index (χ0) is 9.84. The van der Waals surface area contributed by atoms with Crippen LogP contribution >= 0.6 is 0 Å². The van der Waals surface area contributed by atoms with Crippen LogP contribution in [0.2, 0.25) is 0 Å². The van der Waals surface area contributed by atoms with Gasteiger partial charge in [-0.05, 0) is 18.3 Å². The maximum Gasteiger partial charge on any atom is 0.0614 e. The first kappa shape index (κ1) is 10.2. The molecule has 0 amide bonds. The smallest absolute Gasteiger partial charge is 0.0614 e. The molecule has 0 N–H and O–H groups in total. The Kier molecular flexibility index (Phi) is 3.40. The van der Waals surface area contributed by atoms with Crippen LogP contribution in [0.3, 0.4) is 0 Å². The molecule has 0 saturated heterocycles. The Morgan fingerprint density at radius 3 is 2.00 bits per heavy atom. The molecular weight excluding hydrogens is 160 g/mol. The summed E-state index contributed by atoms with van der Waals surface area (Å²) in [6.45, 7) is 8.61. The highest BCUT2D eigenvalue weighted by Crippen LogP contribution is 2.16. The zero-order valence-corrected chi connectivity index (χ0v) is 8.91. The van der Waals surface area contributed by atoms with Crippen LogP contribution in [0.25, 0.3) is 0 Å². The zero-order valence-electron chi connectivity index (χ0n) is 8.91. The predicted octanol–water partition coefficient (Wildman–Crippen LogP) is 3.11. The van der Waals surface area contributed by atoms with Gasteiger partial charge >= 0.3 is 0 Å². The number of aromatic nitrogens is 2. The van der Waals surface area contributed by atoms with Crippen LogP contribution in [-0.2, 0) is 0 Å². The summed E-state index contributed by atoms with van der Waals surface area (Å²) in [5.41, 5.74) is 2.18. The maximum atomic E-state index is 4.41. The molecule has 1 heterocycles. The van der Waals surface area contributed by atoms with Gasteiger partial charge in [-0.15, -0.1) is 0 Å². The minimum atomic E-state index is 0.471. The second-order valence-corrected chi connectivity index (χ2v) is 3.83. The maximum absolute atomic E-state index is 4.41. The fraction of sp³-hybridized carbons (Fsp3) is 0.636. The van der Waals surface area contributed by atoms with Gasteiger partial charge in [0.25, 0.3) is 0 Å². The van der Waals surface area contributed by atoms with Crippen LogP contribution in [0.15, 0.2) is 12.4 Å². The summed E-state index contributed by atoms with van der Waals surface area (Å²) in [5, 5.41) is 0. The Morgan fingerprint density at radius 1 is 1.08 bits per heavy atom. The quantitative estimate of drug-likeness (QED) is 0.710. The van der Waals surface area contributed by atoms with E-state index in [1.807, 2.05) is 12.4 Å². The van der Waals surface area contributed by atoms with Crippen molar-refractivity contribution in [3.63, 3.8) is 0 Å². The summed E-state index contributed by atoms with van der Waals surface area (Å²) in [6, 6.07) is 0. The number of hydrogen-bond donors (Lipinski definition) is 0. The monoisotopic (exact) mass is 178 g/mol. The molecule has 0 aromatic carbocycles. The molecule has 0 aliphatic carbocycles. The molecule has 1 aromatic heterocycles. The Bertz CT molecular complexity index is 251. The van der Waals surface area contributed by atoms with Gasteiger partial charge in [0.15, 0.2) is 0 Å². The van der Waals surface area contributed by atoms with E-state index in [0.29, 0.717) is 11.8 Å². The van der Waals surface area contributed by atoms with Gasteiger partial charge in [0.2, 0.25) is 0 Å². The van der Waals surface area contributed by atoms with Crippen molar-refractivity contribution >= 4 is 0 Å². The summed E-state index contributed by atoms with van der Waals surface area (Å²) >= 11 is 0. The highest BCUT2D eigenvalue weighted by Gasteiger charge is 2.06. The van der Waals surface area contributed by atoms with E-state index in [4.69, 9.17) is 0 Å². The summed E-state index contributed by atoms with van der Waals surface area (Å²) in [6.07, 6.45) is 4.92. The van der Waals surface area contributed by atoms with Gasteiger partial charge in [0.05, 0.1) is 11.4 Å². The molecule has 72 valence electrons. The molecule has 13 heavy (non-hydrogen) atoms. The molecule has 0 unspecified atom stereocenters. The van der Waals surface area contributed by atoms with E-state index >= 15 is 0 Å². The van der Waals surface area contributed by atoms with Crippen LogP contribution in [0.1, 0.15) is 57.3 Å². The molecule has 0 fully saturated rings. The van der Waals surface area contributed by atoms with Crippen LogP contribution in [0.5, 0.6) is 0 Å². The van der Waals surface area contributed by atoms with Gasteiger partial charge in [-0.3, -0.25) is 9.97 Å². The van der Waals surface area contributed by atoms with E-state index in [2.05, 4.69) is 37.7 Å². The molecule has 1 rings (SSSR count). The van der Waals surface area contributed by atoms with E-state index in [1.165, 1.54) is 0 Å². The Labute approximate surface area is 80.4 Å². The standard InChI is InChI=1S/C11H18N2/c1-5-9(4)11-7-12-10(6-13-11)8(2)3/h6-9H,5H2,1-4H3/t9-/m1/s1. The van der Waals surface area contributed by atoms with Crippen molar-refractivity contribution in [2.75, 3.05) is 0 Å². The van der Waals surface area contributed by atoms with E-state index in [-0.39, 0.29) is 0 Å². The molecule has 0 spiro atoms. The first-order chi connectivity index (χ1) is 6.15. The first-order valence-electron chi connectivity index (χ1n) is 4.97. The lowest BCUT2D eigenvalue weighted by Gasteiger charge is -2.08. The second-order valence-electron chi connectivity index (χ2n) is 3.83. The van der Waals surface area contributed by atoms with Gasteiger partial charge in [-0.2, -0.15) is 0 Å². The molecule has 2 nitrogen and oxygen atoms in total. The highest BCUT2D eigenvalue weighted by atomic mass is 14.8. The highest BCUT2D eigenvalue weighted by molar-refractivity contribution is 5.08. The molecule has 0 saturated carbocycles. The van der Waals surface area contributed by atoms with Gasteiger partial charge < -0.3 is 0 Å². The molecular formula is C11H18N2. The molecule has 0 radical (unpaired) electrons. The van der Waals surface area contributed by atoms with Gasteiger partial charge in [-0.25, -0.2) is 0 Å². The normalized spacial score (nSPS) is 13.3. The van der Waals surface area contributed by atoms with E-state index in [1.54, 1.807) is 0 Å². The van der Waals surface area contributed by atoms with Gasteiger partial charge in [-0.1, -0.05) is 27.7 Å². The number of rotatable bonds is 3. The lowest BCUT2D eigenvalue weighted by molar-refractivity contribution is 0.693. The summed E-state index contributed by atoms with van der Waals surface area (Å²) in [4.78, 5) is 8.79. The number of nitrogens with zero attached hydrogens (tertiary/aromatic N) is 2. The number of hydrogen-bond acceptors (Lipinski definition) is 2. The second kappa shape index (κ2) is 4.35. The van der Waals surface area contributed by atoms with Crippen LogP contribution < -0.4 is 0 Å². The van der Waals surface area contributed by atoms with Crippen molar-refractivity contribution in [3.05, 3.63) is 23.8 Å². The predicted molar refractivity (Wildman–Crippen MR) is 54.8 cm³/mol. The Balaban J connectivity index is 2.81. The summed E-state index contributed by atoms with van der Waals surface area (Å²) in [7, 11) is 0. The third kappa shape index (κ3) is 2.51. The van der Waals surface area contributed by atoms with E-state index in [9.17, 15) is 0 Å². The van der Waals surface area contributed by atoms with Crippen molar-refractivity contribution in [2.45, 2.75) is 46.0 Å². The first-order valence-corrected chi connectivity index (χ1v) is 4.97. The lowest BCUT2D eigenvalue weighted by atomic mass is 10.1. The average molecular weight is 178 g/mol. The van der Waals surface area contributed by atoms with E-state index in [0.717, 1.165) is 17.8 Å². The molecule has 0 aliphatic rings. The third-order valence-electron chi connectivity index (χ3n) is 2.40. The largest absolute Gasteiger partial charge is 0.258 e. The van der Waals surface area contributed by atoms with Crippen LogP contribution in [0.4, 0.5) is 0 Å². The van der Waals surface area contributed by atoms with Gasteiger partial charge in [0.1, 0.15) is 0 Å². The van der Waals surface area contributed by atoms with Crippen molar-refractivity contribution in [3.8, 4) is 0 Å². The van der Waals surface area contributed by atoms with Crippen molar-refractivity contribution in [1.82, 2.24) is 9.97 Å². The lowest BCUT2D eigenvalue weighted by Crippen LogP contribution is -2.00. The van der Waals surface area contributed by atoms with Crippen LogP contribution in [-0.4, -0.2) is 9.97 Å². The molecule has 1 aromatic rings. The van der Waals surface area contributed by atoms with Gasteiger partial charge in [0, 0.05) is 12.4 Å². The molecule has 2 heteroatoms. The molecule has 1 atom stereocenters. The minimum Gasteiger partial charge on any atom is -0.258 e. The van der Waals surface area contributed by atoms with Crippen molar-refractivity contribution in [1.29, 1.82) is 0 Å². The fourth-order valence-electron chi connectivity index (χ4n) is 1.11. The SMILES string of the molecule is CC[C@@H](C)c1cnc(C(C)C)cn1. The van der Waals surface area contributed by atoms with Crippen molar-refractivity contribution < 1.29 is 0 Å². The average Bonchev–Trinajstić information content (AvgIpc) is 2.17. The summed E-state index contributed by atoms with van der Waals surface area (Å²) in [5.74, 6) is 0.993. The van der Waals surface area contributed by atoms with E-state index < -0.39 is 0 Å². The molecule has 0 bridgehead atoms. The topological polar surface area (TPSA) is 25.8 Å². The minimum absolute atomic E-state index is 0.471. The Hall–Kier alpha value is -0.920. The Morgan fingerprint density at radius 2 is 1.62 bits per heavy atom. The fourth-order valence-corrected chi connectivity index (χ4v) is 1.11. The molecule has 0 aliphatic heterocycles. The van der Waals surface area contributed by atoms with Crippen molar-refractivity contribution in [2.24, 2.45) is 0 Å². The third-order valence-corrected chi connectivity index (χ3v) is 2.40. The van der Waals surface area contributed by atoms with Crippen LogP contribution in [0, 0.1) is 0 Å².